The Kier molecular flexibility index (Phi) is 4.34. The molecule has 1 aromatic carbocycles. The predicted molar refractivity (Wildman–Crippen MR) is 74.1 cm³/mol. The van der Waals surface area contributed by atoms with Gasteiger partial charge in [-0.15, -0.1) is 0 Å². The van der Waals surface area contributed by atoms with Crippen molar-refractivity contribution in [2.75, 3.05) is 5.32 Å². The van der Waals surface area contributed by atoms with Gasteiger partial charge in [0.15, 0.2) is 10.3 Å². The van der Waals surface area contributed by atoms with Crippen molar-refractivity contribution in [2.24, 2.45) is 0 Å². The minimum absolute atomic E-state index is 0.000811. The molecule has 0 saturated heterocycles. The van der Waals surface area contributed by atoms with Crippen LogP contribution in [0.25, 0.3) is 0 Å². The first-order chi connectivity index (χ1) is 8.99. The molecule has 19 heavy (non-hydrogen) atoms. The summed E-state index contributed by atoms with van der Waals surface area (Å²) < 4.78 is 13.6. The number of nitrogens with zero attached hydrogens (tertiary/aromatic N) is 2. The van der Waals surface area contributed by atoms with E-state index in [1.54, 1.807) is 0 Å². The van der Waals surface area contributed by atoms with Crippen LogP contribution in [0, 0.1) is 5.82 Å². The third-order valence-corrected chi connectivity index (χ3v) is 3.43. The molecule has 0 unspecified atom stereocenters. The van der Waals surface area contributed by atoms with Crippen LogP contribution in [0.3, 0.4) is 0 Å². The molecule has 1 heterocycles. The highest BCUT2D eigenvalue weighted by Gasteiger charge is 2.16. The van der Waals surface area contributed by atoms with Gasteiger partial charge in [0.2, 0.25) is 0 Å². The number of halogens is 4. The average Bonchev–Trinajstić information content (AvgIpc) is 2.37. The van der Waals surface area contributed by atoms with Gasteiger partial charge in [0.25, 0.3) is 5.91 Å². The first-order valence-electron chi connectivity index (χ1n) is 4.91. The van der Waals surface area contributed by atoms with Crippen LogP contribution in [0.1, 0.15) is 10.4 Å². The molecule has 2 rings (SSSR count). The molecule has 0 fully saturated rings. The van der Waals surface area contributed by atoms with E-state index < -0.39 is 11.7 Å². The Bertz CT molecular complexity index is 634. The molecule has 0 radical (unpaired) electrons. The number of amides is 1. The van der Waals surface area contributed by atoms with E-state index in [0.29, 0.717) is 4.47 Å². The van der Waals surface area contributed by atoms with Crippen LogP contribution in [0.4, 0.5) is 10.1 Å². The largest absolute Gasteiger partial charge is 0.317 e. The Morgan fingerprint density at radius 2 is 1.89 bits per heavy atom. The van der Waals surface area contributed by atoms with E-state index in [0.717, 1.165) is 6.07 Å². The lowest BCUT2D eigenvalue weighted by Crippen LogP contribution is -2.14. The summed E-state index contributed by atoms with van der Waals surface area (Å²) in [6.07, 6.45) is 1.17. The lowest BCUT2D eigenvalue weighted by atomic mass is 10.2. The number of benzene rings is 1. The highest BCUT2D eigenvalue weighted by atomic mass is 79.9. The summed E-state index contributed by atoms with van der Waals surface area (Å²) in [6, 6.07) is 3.74. The minimum atomic E-state index is -0.579. The Morgan fingerprint density at radius 1 is 1.26 bits per heavy atom. The lowest BCUT2D eigenvalue weighted by molar-refractivity contribution is 0.102. The zero-order valence-corrected chi connectivity index (χ0v) is 12.2. The lowest BCUT2D eigenvalue weighted by Gasteiger charge is -2.08. The first kappa shape index (κ1) is 14.2. The van der Waals surface area contributed by atoms with Crippen molar-refractivity contribution < 1.29 is 9.18 Å². The number of carbonyl (C=O) groups is 1. The van der Waals surface area contributed by atoms with Crippen molar-refractivity contribution >= 4 is 50.7 Å². The van der Waals surface area contributed by atoms with Gasteiger partial charge < -0.3 is 5.32 Å². The van der Waals surface area contributed by atoms with Crippen molar-refractivity contribution in [3.05, 3.63) is 50.7 Å². The van der Waals surface area contributed by atoms with E-state index in [9.17, 15) is 9.18 Å². The Balaban J connectivity index is 2.34. The molecule has 0 saturated carbocycles. The van der Waals surface area contributed by atoms with E-state index in [1.807, 2.05) is 0 Å². The molecular weight excluding hydrogens is 360 g/mol. The highest BCUT2D eigenvalue weighted by Crippen LogP contribution is 2.27. The van der Waals surface area contributed by atoms with Crippen molar-refractivity contribution in [1.82, 2.24) is 9.97 Å². The molecular formula is C11H5BrCl2FN3O. The van der Waals surface area contributed by atoms with Crippen LogP contribution in [0.2, 0.25) is 10.3 Å². The van der Waals surface area contributed by atoms with Crippen LogP contribution < -0.4 is 5.32 Å². The SMILES string of the molecule is O=C(Nc1c(Cl)ncnc1Cl)c1cc(F)ccc1Br. The molecule has 8 heteroatoms. The summed E-state index contributed by atoms with van der Waals surface area (Å²) in [4.78, 5) is 19.4. The Hall–Kier alpha value is -1.24. The maximum absolute atomic E-state index is 13.1. The standard InChI is InChI=1S/C11H5BrCl2FN3O/c12-7-2-1-5(15)3-6(7)11(19)18-8-9(13)16-4-17-10(8)14/h1-4H,(H,18,19). The predicted octanol–water partition coefficient (Wildman–Crippen LogP) is 3.94. The molecule has 2 aromatic rings. The van der Waals surface area contributed by atoms with E-state index >= 15 is 0 Å². The fourth-order valence-corrected chi connectivity index (χ4v) is 2.14. The van der Waals surface area contributed by atoms with Crippen LogP contribution in [-0.4, -0.2) is 15.9 Å². The topological polar surface area (TPSA) is 54.9 Å². The molecule has 0 aliphatic heterocycles. The molecule has 0 aliphatic rings. The maximum atomic E-state index is 13.1. The number of aromatic nitrogens is 2. The molecule has 98 valence electrons. The third kappa shape index (κ3) is 3.20. The molecule has 0 spiro atoms. The average molecular weight is 365 g/mol. The number of carbonyl (C=O) groups excluding carboxylic acids is 1. The van der Waals surface area contributed by atoms with Crippen molar-refractivity contribution in [2.45, 2.75) is 0 Å². The maximum Gasteiger partial charge on any atom is 0.257 e. The smallest absolute Gasteiger partial charge is 0.257 e. The summed E-state index contributed by atoms with van der Waals surface area (Å²) in [7, 11) is 0. The Labute approximate surface area is 126 Å². The summed E-state index contributed by atoms with van der Waals surface area (Å²) in [5.41, 5.74) is 0.183. The van der Waals surface area contributed by atoms with Crippen molar-refractivity contribution in [3.63, 3.8) is 0 Å². The van der Waals surface area contributed by atoms with Crippen LogP contribution in [-0.2, 0) is 0 Å². The van der Waals surface area contributed by atoms with Gasteiger partial charge in [-0.05, 0) is 34.1 Å². The number of hydrogen-bond acceptors (Lipinski definition) is 3. The minimum Gasteiger partial charge on any atom is -0.317 e. The van der Waals surface area contributed by atoms with Gasteiger partial charge in [0.05, 0.1) is 5.56 Å². The first-order valence-corrected chi connectivity index (χ1v) is 6.46. The monoisotopic (exact) mass is 363 g/mol. The summed E-state index contributed by atoms with van der Waals surface area (Å²) in [6.45, 7) is 0. The van der Waals surface area contributed by atoms with Gasteiger partial charge in [-0.25, -0.2) is 14.4 Å². The van der Waals surface area contributed by atoms with Crippen molar-refractivity contribution in [3.8, 4) is 0 Å². The summed E-state index contributed by atoms with van der Waals surface area (Å²) in [5.74, 6) is -1.11. The van der Waals surface area contributed by atoms with Gasteiger partial charge >= 0.3 is 0 Å². The zero-order valence-electron chi connectivity index (χ0n) is 9.12. The zero-order chi connectivity index (χ0) is 14.0. The fraction of sp³-hybridized carbons (Fsp3) is 0. The number of rotatable bonds is 2. The third-order valence-electron chi connectivity index (χ3n) is 2.17. The quantitative estimate of drug-likeness (QED) is 0.821. The second kappa shape index (κ2) is 5.81. The van der Waals surface area contributed by atoms with Gasteiger partial charge in [-0.2, -0.15) is 0 Å². The van der Waals surface area contributed by atoms with E-state index in [1.165, 1.54) is 18.5 Å². The fourth-order valence-electron chi connectivity index (χ4n) is 1.30. The summed E-state index contributed by atoms with van der Waals surface area (Å²) >= 11 is 14.7. The van der Waals surface area contributed by atoms with Gasteiger partial charge in [-0.1, -0.05) is 23.2 Å². The molecule has 1 amide bonds. The normalized spacial score (nSPS) is 10.3. The molecule has 0 aliphatic carbocycles. The molecule has 4 nitrogen and oxygen atoms in total. The molecule has 1 aromatic heterocycles. The molecule has 0 atom stereocenters. The second-order valence-corrected chi connectivity index (χ2v) is 4.98. The summed E-state index contributed by atoms with van der Waals surface area (Å²) in [5, 5.41) is 2.44. The van der Waals surface area contributed by atoms with Crippen LogP contribution in [0.5, 0.6) is 0 Å². The Morgan fingerprint density at radius 3 is 2.53 bits per heavy atom. The van der Waals surface area contributed by atoms with E-state index in [-0.39, 0.29) is 21.6 Å². The number of hydrogen-bond donors (Lipinski definition) is 1. The van der Waals surface area contributed by atoms with Gasteiger partial charge in [0, 0.05) is 4.47 Å². The number of anilines is 1. The second-order valence-electron chi connectivity index (χ2n) is 3.41. The van der Waals surface area contributed by atoms with Gasteiger partial charge in [-0.3, -0.25) is 4.79 Å². The van der Waals surface area contributed by atoms with Gasteiger partial charge in [0.1, 0.15) is 17.8 Å². The van der Waals surface area contributed by atoms with Crippen LogP contribution >= 0.6 is 39.1 Å². The molecule has 0 bridgehead atoms. The number of nitrogens with one attached hydrogen (secondary N) is 1. The highest BCUT2D eigenvalue weighted by molar-refractivity contribution is 9.10. The van der Waals surface area contributed by atoms with E-state index in [4.69, 9.17) is 23.2 Å². The van der Waals surface area contributed by atoms with Crippen molar-refractivity contribution in [1.29, 1.82) is 0 Å². The van der Waals surface area contributed by atoms with E-state index in [2.05, 4.69) is 31.2 Å². The molecule has 1 N–H and O–H groups in total. The van der Waals surface area contributed by atoms with Crippen LogP contribution in [0.15, 0.2) is 29.0 Å².